The molecule has 0 bridgehead atoms. The van der Waals surface area contributed by atoms with Crippen LogP contribution in [0.2, 0.25) is 0 Å². The summed E-state index contributed by atoms with van der Waals surface area (Å²) >= 11 is 5.58. The van der Waals surface area contributed by atoms with Crippen molar-refractivity contribution in [3.63, 3.8) is 0 Å². The van der Waals surface area contributed by atoms with E-state index in [1.807, 2.05) is 13.8 Å². The number of nitrogens with zero attached hydrogens (tertiary/aromatic N) is 2. The molecule has 0 amide bonds. The molecule has 0 unspecified atom stereocenters. The molecule has 0 heterocycles. The average Bonchev–Trinajstić information content (AvgIpc) is 2.12. The number of hydrogen-bond acceptors (Lipinski definition) is 2. The third-order valence-electron chi connectivity index (χ3n) is 1.62. The highest BCUT2D eigenvalue weighted by atomic mass is 35.5. The third kappa shape index (κ3) is 5.97. The molecule has 0 aromatic heterocycles. The summed E-state index contributed by atoms with van der Waals surface area (Å²) in [5.74, 6) is 2.80. The lowest BCUT2D eigenvalue weighted by Gasteiger charge is -2.12. The van der Waals surface area contributed by atoms with Crippen molar-refractivity contribution in [2.75, 3.05) is 19.0 Å². The molecular formula is C10H20ClN3. The van der Waals surface area contributed by atoms with Crippen molar-refractivity contribution in [2.45, 2.75) is 27.7 Å². The summed E-state index contributed by atoms with van der Waals surface area (Å²) in [6.07, 6.45) is 0. The fourth-order valence-corrected chi connectivity index (χ4v) is 1.08. The van der Waals surface area contributed by atoms with Gasteiger partial charge in [-0.05, 0) is 13.8 Å². The second-order valence-corrected chi connectivity index (χ2v) is 3.67. The normalized spacial score (nSPS) is 13.6. The van der Waals surface area contributed by atoms with Gasteiger partial charge in [-0.1, -0.05) is 13.8 Å². The number of rotatable bonds is 4. The number of alkyl halides is 1. The zero-order valence-corrected chi connectivity index (χ0v) is 10.2. The van der Waals surface area contributed by atoms with Crippen LogP contribution >= 0.6 is 11.6 Å². The molecule has 0 fully saturated rings. The number of hydrogen-bond donors (Lipinski definition) is 1. The Bertz CT molecular complexity index is 209. The Kier molecular flexibility index (Phi) is 7.48. The van der Waals surface area contributed by atoms with E-state index >= 15 is 0 Å². The zero-order chi connectivity index (χ0) is 11.0. The predicted molar refractivity (Wildman–Crippen MR) is 64.6 cm³/mol. The van der Waals surface area contributed by atoms with Crippen molar-refractivity contribution < 1.29 is 0 Å². The summed E-state index contributed by atoms with van der Waals surface area (Å²) in [6, 6.07) is 0. The lowest BCUT2D eigenvalue weighted by molar-refractivity contribution is 0.841. The maximum atomic E-state index is 5.58. The largest absolute Gasteiger partial charge is 0.333 e. The Balaban J connectivity index is 4.30. The fourth-order valence-electron chi connectivity index (χ4n) is 0.991. The first kappa shape index (κ1) is 13.4. The van der Waals surface area contributed by atoms with Crippen molar-refractivity contribution in [1.29, 1.82) is 0 Å². The number of halogens is 1. The van der Waals surface area contributed by atoms with Crippen molar-refractivity contribution in [1.82, 2.24) is 5.32 Å². The van der Waals surface area contributed by atoms with Gasteiger partial charge < -0.3 is 5.32 Å². The molecule has 1 N–H and O–H groups in total. The van der Waals surface area contributed by atoms with Gasteiger partial charge in [-0.15, -0.1) is 11.6 Å². The van der Waals surface area contributed by atoms with Gasteiger partial charge >= 0.3 is 0 Å². The summed E-state index contributed by atoms with van der Waals surface area (Å²) in [5, 5.41) is 3.19. The molecule has 4 heteroatoms. The highest BCUT2D eigenvalue weighted by Crippen LogP contribution is 1.95. The van der Waals surface area contributed by atoms with E-state index in [4.69, 9.17) is 11.6 Å². The molecule has 0 aliphatic heterocycles. The first-order valence-corrected chi connectivity index (χ1v) is 5.53. The molecule has 0 aliphatic carbocycles. The Morgan fingerprint density at radius 2 is 2.00 bits per heavy atom. The van der Waals surface area contributed by atoms with E-state index < -0.39 is 0 Å². The van der Waals surface area contributed by atoms with Crippen LogP contribution in [0.15, 0.2) is 9.98 Å². The highest BCUT2D eigenvalue weighted by molar-refractivity contribution is 6.18. The molecule has 0 aromatic carbocycles. The topological polar surface area (TPSA) is 36.8 Å². The summed E-state index contributed by atoms with van der Waals surface area (Å²) in [5.41, 5.74) is 0. The molecule has 0 radical (unpaired) electrons. The summed E-state index contributed by atoms with van der Waals surface area (Å²) in [4.78, 5) is 8.60. The zero-order valence-electron chi connectivity index (χ0n) is 9.47. The van der Waals surface area contributed by atoms with Crippen LogP contribution in [-0.4, -0.2) is 30.6 Å². The molecular weight excluding hydrogens is 198 g/mol. The fraction of sp³-hybridized carbons (Fsp3) is 0.800. The molecule has 0 saturated heterocycles. The lowest BCUT2D eigenvalue weighted by atomic mass is 10.2. The van der Waals surface area contributed by atoms with Gasteiger partial charge in [0.05, 0.1) is 12.4 Å². The minimum Gasteiger partial charge on any atom is -0.333 e. The van der Waals surface area contributed by atoms with Gasteiger partial charge in [0.25, 0.3) is 0 Å². The van der Waals surface area contributed by atoms with Gasteiger partial charge in [-0.3, -0.25) is 9.98 Å². The Morgan fingerprint density at radius 1 is 1.36 bits per heavy atom. The molecule has 82 valence electrons. The Hall–Kier alpha value is -0.570. The standard InChI is InChI=1S/C10H20ClN3/c1-5-12-9(4)14-10(8(2)3)13-7-6-11/h8H,5-7H2,1-4H3,(H,12,13,14). The first-order valence-electron chi connectivity index (χ1n) is 5.00. The van der Waals surface area contributed by atoms with Crippen molar-refractivity contribution in [3.8, 4) is 0 Å². The van der Waals surface area contributed by atoms with Crippen LogP contribution in [0.3, 0.4) is 0 Å². The average molecular weight is 218 g/mol. The Morgan fingerprint density at radius 3 is 2.43 bits per heavy atom. The van der Waals surface area contributed by atoms with Gasteiger partial charge in [-0.25, -0.2) is 0 Å². The van der Waals surface area contributed by atoms with E-state index in [-0.39, 0.29) is 0 Å². The van der Waals surface area contributed by atoms with Crippen LogP contribution in [0.5, 0.6) is 0 Å². The minimum absolute atomic E-state index is 0.375. The van der Waals surface area contributed by atoms with E-state index in [9.17, 15) is 0 Å². The highest BCUT2D eigenvalue weighted by Gasteiger charge is 2.04. The maximum absolute atomic E-state index is 5.58. The molecule has 0 spiro atoms. The first-order chi connectivity index (χ1) is 6.61. The van der Waals surface area contributed by atoms with Gasteiger partial charge in [-0.2, -0.15) is 0 Å². The van der Waals surface area contributed by atoms with E-state index in [0.29, 0.717) is 18.3 Å². The second kappa shape index (κ2) is 7.80. The maximum Gasteiger partial charge on any atom is 0.104 e. The minimum atomic E-state index is 0.375. The predicted octanol–water partition coefficient (Wildman–Crippen LogP) is 2.31. The van der Waals surface area contributed by atoms with Crippen molar-refractivity contribution in [3.05, 3.63) is 0 Å². The van der Waals surface area contributed by atoms with E-state index in [0.717, 1.165) is 18.2 Å². The lowest BCUT2D eigenvalue weighted by Crippen LogP contribution is -2.32. The van der Waals surface area contributed by atoms with Crippen molar-refractivity contribution in [2.24, 2.45) is 15.9 Å². The third-order valence-corrected chi connectivity index (χ3v) is 1.79. The van der Waals surface area contributed by atoms with Gasteiger partial charge in [0.15, 0.2) is 0 Å². The summed E-state index contributed by atoms with van der Waals surface area (Å²) in [6.45, 7) is 9.60. The second-order valence-electron chi connectivity index (χ2n) is 3.30. The number of nitrogens with one attached hydrogen (secondary N) is 1. The molecule has 14 heavy (non-hydrogen) atoms. The van der Waals surface area contributed by atoms with Crippen LogP contribution in [0.25, 0.3) is 0 Å². The summed E-state index contributed by atoms with van der Waals surface area (Å²) in [7, 11) is 0. The van der Waals surface area contributed by atoms with E-state index in [1.54, 1.807) is 0 Å². The van der Waals surface area contributed by atoms with Gasteiger partial charge in [0, 0.05) is 18.3 Å². The molecule has 3 nitrogen and oxygen atoms in total. The van der Waals surface area contributed by atoms with Gasteiger partial charge in [0.1, 0.15) is 5.84 Å². The van der Waals surface area contributed by atoms with Gasteiger partial charge in [0.2, 0.25) is 0 Å². The SMILES string of the molecule is CCN=C(C)NC(=NCCCl)C(C)C. The van der Waals surface area contributed by atoms with E-state index in [1.165, 1.54) is 0 Å². The molecule has 0 rings (SSSR count). The van der Waals surface area contributed by atoms with Crippen LogP contribution < -0.4 is 5.32 Å². The number of aliphatic imine (C=N–C) groups is 2. The molecule has 0 saturated carbocycles. The van der Waals surface area contributed by atoms with Crippen LogP contribution in [0, 0.1) is 5.92 Å². The number of amidine groups is 2. The summed E-state index contributed by atoms with van der Waals surface area (Å²) < 4.78 is 0. The van der Waals surface area contributed by atoms with Crippen molar-refractivity contribution >= 4 is 23.3 Å². The molecule has 0 aromatic rings. The van der Waals surface area contributed by atoms with Crippen LogP contribution in [0.4, 0.5) is 0 Å². The molecule has 0 aliphatic rings. The van der Waals surface area contributed by atoms with Crippen LogP contribution in [0.1, 0.15) is 27.7 Å². The molecule has 0 atom stereocenters. The monoisotopic (exact) mass is 217 g/mol. The Labute approximate surface area is 91.7 Å². The quantitative estimate of drug-likeness (QED) is 0.438. The van der Waals surface area contributed by atoms with E-state index in [2.05, 4.69) is 29.1 Å². The van der Waals surface area contributed by atoms with Crippen LogP contribution in [-0.2, 0) is 0 Å². The smallest absolute Gasteiger partial charge is 0.104 e.